The minimum absolute atomic E-state index is 0.0581. The van der Waals surface area contributed by atoms with Gasteiger partial charge in [0.15, 0.2) is 0 Å². The summed E-state index contributed by atoms with van der Waals surface area (Å²) in [6, 6.07) is 5.27. The van der Waals surface area contributed by atoms with Crippen LogP contribution in [0.1, 0.15) is 23.3 Å². The topological polar surface area (TPSA) is 130 Å². The van der Waals surface area contributed by atoms with Crippen LogP contribution in [0.25, 0.3) is 0 Å². The fourth-order valence-corrected chi connectivity index (χ4v) is 3.65. The summed E-state index contributed by atoms with van der Waals surface area (Å²) in [5.41, 5.74) is 0.497. The largest absolute Gasteiger partial charge is 0.506 e. The van der Waals surface area contributed by atoms with Crippen LogP contribution in [0.15, 0.2) is 35.4 Å². The van der Waals surface area contributed by atoms with Crippen molar-refractivity contribution in [2.45, 2.75) is 17.7 Å². The number of anilines is 2. The minimum Gasteiger partial charge on any atom is -0.506 e. The monoisotopic (exact) mass is 392 g/mol. The van der Waals surface area contributed by atoms with Gasteiger partial charge >= 0.3 is 0 Å². The van der Waals surface area contributed by atoms with Gasteiger partial charge in [-0.15, -0.1) is 0 Å². The highest BCUT2D eigenvalue weighted by molar-refractivity contribution is 7.92. The third-order valence-electron chi connectivity index (χ3n) is 4.20. The van der Waals surface area contributed by atoms with Gasteiger partial charge in [0, 0.05) is 26.2 Å². The maximum absolute atomic E-state index is 12.6. The summed E-state index contributed by atoms with van der Waals surface area (Å²) in [6.45, 7) is 0. The van der Waals surface area contributed by atoms with Crippen LogP contribution >= 0.6 is 0 Å². The van der Waals surface area contributed by atoms with Crippen molar-refractivity contribution in [1.82, 2.24) is 9.88 Å². The number of nitrogens with one attached hydrogen (secondary N) is 3. The second-order valence-corrected chi connectivity index (χ2v) is 8.03. The van der Waals surface area contributed by atoms with Crippen molar-refractivity contribution < 1.29 is 23.1 Å². The zero-order valence-corrected chi connectivity index (χ0v) is 15.6. The van der Waals surface area contributed by atoms with E-state index >= 15 is 0 Å². The van der Waals surface area contributed by atoms with Gasteiger partial charge in [-0.05, 0) is 37.1 Å². The number of carbonyl (C=O) groups excluding carboxylic acids is 2. The molecule has 0 aliphatic heterocycles. The van der Waals surface area contributed by atoms with E-state index in [9.17, 15) is 23.1 Å². The first-order chi connectivity index (χ1) is 12.7. The number of nitrogens with zero attached hydrogens (tertiary/aromatic N) is 1. The van der Waals surface area contributed by atoms with Crippen LogP contribution in [0.2, 0.25) is 0 Å². The molecular weight excluding hydrogens is 372 g/mol. The van der Waals surface area contributed by atoms with Crippen molar-refractivity contribution in [2.75, 3.05) is 17.1 Å². The standard InChI is InChI=1S/C17H20N4O5S/c1-18-17(24)14-8-12(9-21(14)2)27(25,26)20-11-5-6-15(22)13(7-11)19-16(23)10-3-4-10/h5-10,20,22H,3-4H2,1-2H3,(H,18,24)(H,19,23). The Bertz CT molecular complexity index is 1010. The third-order valence-corrected chi connectivity index (χ3v) is 5.55. The highest BCUT2D eigenvalue weighted by Gasteiger charge is 2.30. The molecular formula is C17H20N4O5S. The third kappa shape index (κ3) is 4.05. The van der Waals surface area contributed by atoms with Crippen molar-refractivity contribution in [2.24, 2.45) is 13.0 Å². The van der Waals surface area contributed by atoms with E-state index in [-0.39, 0.29) is 39.5 Å². The number of carbonyl (C=O) groups is 2. The van der Waals surface area contributed by atoms with Crippen LogP contribution < -0.4 is 15.4 Å². The fourth-order valence-electron chi connectivity index (χ4n) is 2.53. The lowest BCUT2D eigenvalue weighted by Crippen LogP contribution is -2.20. The van der Waals surface area contributed by atoms with Crippen molar-refractivity contribution in [1.29, 1.82) is 0 Å². The Kier molecular flexibility index (Phi) is 4.83. The predicted molar refractivity (Wildman–Crippen MR) is 99.1 cm³/mol. The maximum Gasteiger partial charge on any atom is 0.267 e. The highest BCUT2D eigenvalue weighted by atomic mass is 32.2. The molecule has 1 heterocycles. The van der Waals surface area contributed by atoms with Crippen LogP contribution in [0, 0.1) is 5.92 Å². The molecule has 144 valence electrons. The fraction of sp³-hybridized carbons (Fsp3) is 0.294. The lowest BCUT2D eigenvalue weighted by atomic mass is 10.2. The van der Waals surface area contributed by atoms with Gasteiger partial charge < -0.3 is 20.3 Å². The summed E-state index contributed by atoms with van der Waals surface area (Å²) < 4.78 is 29.0. The summed E-state index contributed by atoms with van der Waals surface area (Å²) in [4.78, 5) is 23.6. The molecule has 1 aromatic carbocycles. The SMILES string of the molecule is CNC(=O)c1cc(S(=O)(=O)Nc2ccc(O)c(NC(=O)C3CC3)c2)cn1C. The molecule has 0 spiro atoms. The summed E-state index contributed by atoms with van der Waals surface area (Å²) in [5, 5.41) is 14.9. The van der Waals surface area contributed by atoms with E-state index in [0.29, 0.717) is 0 Å². The van der Waals surface area contributed by atoms with E-state index in [4.69, 9.17) is 0 Å². The number of rotatable bonds is 6. The zero-order valence-electron chi connectivity index (χ0n) is 14.8. The second-order valence-electron chi connectivity index (χ2n) is 6.35. The second kappa shape index (κ2) is 6.95. The van der Waals surface area contributed by atoms with Crippen LogP contribution in [0.3, 0.4) is 0 Å². The molecule has 4 N–H and O–H groups in total. The number of hydrogen-bond donors (Lipinski definition) is 4. The molecule has 0 saturated heterocycles. The van der Waals surface area contributed by atoms with E-state index in [1.165, 1.54) is 42.1 Å². The molecule has 0 atom stereocenters. The van der Waals surface area contributed by atoms with Crippen molar-refractivity contribution in [3.8, 4) is 5.75 Å². The summed E-state index contributed by atoms with van der Waals surface area (Å²) in [7, 11) is -0.945. The number of sulfonamides is 1. The predicted octanol–water partition coefficient (Wildman–Crippen LogP) is 1.24. The number of aromatic hydroxyl groups is 1. The average Bonchev–Trinajstić information content (AvgIpc) is 3.39. The van der Waals surface area contributed by atoms with E-state index in [0.717, 1.165) is 12.8 Å². The summed E-state index contributed by atoms with van der Waals surface area (Å²) in [6.07, 6.45) is 2.93. The lowest BCUT2D eigenvalue weighted by molar-refractivity contribution is -0.117. The number of phenols is 1. The van der Waals surface area contributed by atoms with E-state index in [1.54, 1.807) is 7.05 Å². The zero-order chi connectivity index (χ0) is 19.8. The van der Waals surface area contributed by atoms with Crippen LogP contribution in [-0.4, -0.2) is 37.0 Å². The molecule has 2 amide bonds. The first-order valence-corrected chi connectivity index (χ1v) is 9.74. The van der Waals surface area contributed by atoms with E-state index in [2.05, 4.69) is 15.4 Å². The van der Waals surface area contributed by atoms with Crippen LogP contribution in [-0.2, 0) is 21.9 Å². The summed E-state index contributed by atoms with van der Waals surface area (Å²) in [5.74, 6) is -0.831. The van der Waals surface area contributed by atoms with Crippen molar-refractivity contribution in [3.63, 3.8) is 0 Å². The Morgan fingerprint density at radius 2 is 1.93 bits per heavy atom. The minimum atomic E-state index is -3.96. The molecule has 1 aromatic heterocycles. The van der Waals surface area contributed by atoms with Gasteiger partial charge in [-0.25, -0.2) is 8.42 Å². The number of amides is 2. The lowest BCUT2D eigenvalue weighted by Gasteiger charge is -2.11. The van der Waals surface area contributed by atoms with Gasteiger partial charge in [0.05, 0.1) is 11.4 Å². The number of aromatic nitrogens is 1. The van der Waals surface area contributed by atoms with Gasteiger partial charge in [-0.3, -0.25) is 14.3 Å². The molecule has 3 rings (SSSR count). The molecule has 2 aromatic rings. The Morgan fingerprint density at radius 1 is 1.22 bits per heavy atom. The van der Waals surface area contributed by atoms with Gasteiger partial charge in [-0.1, -0.05) is 0 Å². The molecule has 1 aliphatic rings. The maximum atomic E-state index is 12.6. The quantitative estimate of drug-likeness (QED) is 0.434. The average molecular weight is 392 g/mol. The molecule has 1 aliphatic carbocycles. The van der Waals surface area contributed by atoms with E-state index in [1.807, 2.05) is 0 Å². The van der Waals surface area contributed by atoms with Crippen LogP contribution in [0.5, 0.6) is 5.75 Å². The smallest absolute Gasteiger partial charge is 0.267 e. The Labute approximate surface area is 156 Å². The first kappa shape index (κ1) is 18.8. The molecule has 0 unspecified atom stereocenters. The molecule has 0 radical (unpaired) electrons. The van der Waals surface area contributed by atoms with Gasteiger partial charge in [-0.2, -0.15) is 0 Å². The molecule has 10 heteroatoms. The molecule has 1 fully saturated rings. The van der Waals surface area contributed by atoms with Crippen molar-refractivity contribution in [3.05, 3.63) is 36.2 Å². The van der Waals surface area contributed by atoms with Gasteiger partial charge in [0.25, 0.3) is 15.9 Å². The normalized spacial score (nSPS) is 13.9. The molecule has 27 heavy (non-hydrogen) atoms. The van der Waals surface area contributed by atoms with Gasteiger partial charge in [0.1, 0.15) is 16.3 Å². The summed E-state index contributed by atoms with van der Waals surface area (Å²) >= 11 is 0. The van der Waals surface area contributed by atoms with E-state index < -0.39 is 15.9 Å². The highest BCUT2D eigenvalue weighted by Crippen LogP contribution is 2.33. The van der Waals surface area contributed by atoms with Gasteiger partial charge in [0.2, 0.25) is 5.91 Å². The Morgan fingerprint density at radius 3 is 2.56 bits per heavy atom. The first-order valence-electron chi connectivity index (χ1n) is 8.26. The molecule has 0 bridgehead atoms. The Hall–Kier alpha value is -3.01. The number of phenolic OH excluding ortho intramolecular Hbond substituents is 1. The Balaban J connectivity index is 1.83. The van der Waals surface area contributed by atoms with Crippen LogP contribution in [0.4, 0.5) is 11.4 Å². The number of benzene rings is 1. The molecule has 9 nitrogen and oxygen atoms in total. The molecule has 1 saturated carbocycles. The number of hydrogen-bond acceptors (Lipinski definition) is 5. The number of aryl methyl sites for hydroxylation is 1. The van der Waals surface area contributed by atoms with Crippen molar-refractivity contribution >= 4 is 33.2 Å².